The third-order valence-electron chi connectivity index (χ3n) is 4.27. The van der Waals surface area contributed by atoms with Gasteiger partial charge in [-0.05, 0) is 25.7 Å². The fraction of sp³-hybridized carbons (Fsp3) is 0.765. The third-order valence-corrected chi connectivity index (χ3v) is 6.82. The van der Waals surface area contributed by atoms with Crippen LogP contribution in [0.2, 0.25) is 0 Å². The number of guanidine groups is 1. The summed E-state index contributed by atoms with van der Waals surface area (Å²) in [4.78, 5) is 9.79. The Labute approximate surface area is 189 Å². The molecule has 2 rings (SSSR count). The minimum Gasteiger partial charge on any atom is -0.377 e. The molecule has 1 aromatic heterocycles. The SMILES string of the molecule is CCc1cnc(CCNC(=NC)NCCS(=O)(=O)NCC2CCCCO2)s1.I. The van der Waals surface area contributed by atoms with Crippen molar-refractivity contribution in [2.75, 3.05) is 39.0 Å². The molecule has 0 bridgehead atoms. The fourth-order valence-corrected chi connectivity index (χ4v) is 4.52. The molecule has 1 saturated heterocycles. The first-order valence-electron chi connectivity index (χ1n) is 9.49. The predicted octanol–water partition coefficient (Wildman–Crippen LogP) is 1.52. The van der Waals surface area contributed by atoms with Crippen LogP contribution >= 0.6 is 35.3 Å². The van der Waals surface area contributed by atoms with E-state index in [9.17, 15) is 8.42 Å². The maximum absolute atomic E-state index is 12.1. The molecule has 1 aromatic rings. The second-order valence-electron chi connectivity index (χ2n) is 6.41. The summed E-state index contributed by atoms with van der Waals surface area (Å²) in [7, 11) is -1.66. The minimum atomic E-state index is -3.33. The van der Waals surface area contributed by atoms with E-state index in [0.29, 0.717) is 19.0 Å². The van der Waals surface area contributed by atoms with E-state index in [2.05, 4.69) is 32.3 Å². The molecule has 11 heteroatoms. The van der Waals surface area contributed by atoms with Gasteiger partial charge in [-0.25, -0.2) is 18.1 Å². The molecule has 0 saturated carbocycles. The lowest BCUT2D eigenvalue weighted by Crippen LogP contribution is -2.43. The lowest BCUT2D eigenvalue weighted by molar-refractivity contribution is 0.0200. The molecule has 2 heterocycles. The topological polar surface area (TPSA) is 105 Å². The van der Waals surface area contributed by atoms with Crippen LogP contribution < -0.4 is 15.4 Å². The van der Waals surface area contributed by atoms with Crippen molar-refractivity contribution in [1.82, 2.24) is 20.3 Å². The van der Waals surface area contributed by atoms with Crippen LogP contribution in [0.15, 0.2) is 11.2 Å². The maximum Gasteiger partial charge on any atom is 0.213 e. The van der Waals surface area contributed by atoms with E-state index in [1.54, 1.807) is 18.4 Å². The molecule has 1 atom stereocenters. The van der Waals surface area contributed by atoms with Crippen LogP contribution in [-0.4, -0.2) is 64.5 Å². The highest BCUT2D eigenvalue weighted by atomic mass is 127. The number of aliphatic imine (C=N–C) groups is 1. The van der Waals surface area contributed by atoms with Crippen LogP contribution in [0.3, 0.4) is 0 Å². The Kier molecular flexibility index (Phi) is 12.5. The quantitative estimate of drug-likeness (QED) is 0.234. The highest BCUT2D eigenvalue weighted by molar-refractivity contribution is 14.0. The number of thiazole rings is 1. The first-order valence-corrected chi connectivity index (χ1v) is 12.0. The summed E-state index contributed by atoms with van der Waals surface area (Å²) >= 11 is 1.72. The molecular weight excluding hydrogens is 513 g/mol. The van der Waals surface area contributed by atoms with Gasteiger partial charge < -0.3 is 15.4 Å². The largest absolute Gasteiger partial charge is 0.377 e. The molecule has 1 aliphatic rings. The summed E-state index contributed by atoms with van der Waals surface area (Å²) in [6, 6.07) is 0. The van der Waals surface area contributed by atoms with Gasteiger partial charge in [-0.2, -0.15) is 0 Å². The third kappa shape index (κ3) is 9.81. The fourth-order valence-electron chi connectivity index (χ4n) is 2.70. The summed E-state index contributed by atoms with van der Waals surface area (Å²) in [5.74, 6) is 0.584. The summed E-state index contributed by atoms with van der Waals surface area (Å²) in [5, 5.41) is 7.31. The van der Waals surface area contributed by atoms with Gasteiger partial charge in [0.25, 0.3) is 0 Å². The van der Waals surface area contributed by atoms with E-state index in [4.69, 9.17) is 4.74 Å². The molecule has 0 aromatic carbocycles. The molecule has 8 nitrogen and oxygen atoms in total. The summed E-state index contributed by atoms with van der Waals surface area (Å²) in [6.45, 7) is 4.17. The Bertz CT molecular complexity index is 691. The van der Waals surface area contributed by atoms with Crippen LogP contribution in [0.4, 0.5) is 0 Å². The number of hydrogen-bond donors (Lipinski definition) is 3. The molecule has 0 spiro atoms. The van der Waals surface area contributed by atoms with Gasteiger partial charge in [-0.1, -0.05) is 6.92 Å². The molecule has 0 aliphatic carbocycles. The molecule has 28 heavy (non-hydrogen) atoms. The van der Waals surface area contributed by atoms with Crippen LogP contribution in [0.5, 0.6) is 0 Å². The Morgan fingerprint density at radius 1 is 1.36 bits per heavy atom. The lowest BCUT2D eigenvalue weighted by Gasteiger charge is -2.22. The van der Waals surface area contributed by atoms with Gasteiger partial charge in [0, 0.05) is 50.8 Å². The van der Waals surface area contributed by atoms with Crippen LogP contribution in [-0.2, 0) is 27.6 Å². The van der Waals surface area contributed by atoms with Crippen molar-refractivity contribution in [1.29, 1.82) is 0 Å². The number of sulfonamides is 1. The monoisotopic (exact) mass is 545 g/mol. The Morgan fingerprint density at radius 3 is 2.79 bits per heavy atom. The predicted molar refractivity (Wildman–Crippen MR) is 125 cm³/mol. The van der Waals surface area contributed by atoms with Crippen LogP contribution in [0.25, 0.3) is 0 Å². The lowest BCUT2D eigenvalue weighted by atomic mass is 10.1. The van der Waals surface area contributed by atoms with E-state index in [1.165, 1.54) is 4.88 Å². The van der Waals surface area contributed by atoms with Gasteiger partial charge in [-0.15, -0.1) is 35.3 Å². The van der Waals surface area contributed by atoms with E-state index < -0.39 is 10.0 Å². The zero-order valence-corrected chi connectivity index (χ0v) is 20.5. The normalized spacial score (nSPS) is 17.8. The van der Waals surface area contributed by atoms with Crippen molar-refractivity contribution in [3.05, 3.63) is 16.1 Å². The van der Waals surface area contributed by atoms with Gasteiger partial charge in [0.1, 0.15) is 0 Å². The molecule has 1 unspecified atom stereocenters. The number of nitrogens with zero attached hydrogens (tertiary/aromatic N) is 2. The first kappa shape index (κ1) is 25.5. The first-order chi connectivity index (χ1) is 13.0. The van der Waals surface area contributed by atoms with Gasteiger partial charge in [-0.3, -0.25) is 4.99 Å². The van der Waals surface area contributed by atoms with Crippen LogP contribution in [0.1, 0.15) is 36.1 Å². The van der Waals surface area contributed by atoms with E-state index >= 15 is 0 Å². The number of nitrogens with one attached hydrogen (secondary N) is 3. The summed E-state index contributed by atoms with van der Waals surface area (Å²) < 4.78 is 32.4. The summed E-state index contributed by atoms with van der Waals surface area (Å²) in [6.07, 6.45) is 6.80. The number of hydrogen-bond acceptors (Lipinski definition) is 6. The van der Waals surface area contributed by atoms with Crippen LogP contribution in [0, 0.1) is 0 Å². The highest BCUT2D eigenvalue weighted by Crippen LogP contribution is 2.13. The van der Waals surface area contributed by atoms with Crippen molar-refractivity contribution in [3.8, 4) is 0 Å². The summed E-state index contributed by atoms with van der Waals surface area (Å²) in [5.41, 5.74) is 0. The second kappa shape index (κ2) is 13.7. The zero-order valence-electron chi connectivity index (χ0n) is 16.6. The number of aromatic nitrogens is 1. The van der Waals surface area contributed by atoms with Crippen molar-refractivity contribution >= 4 is 51.3 Å². The number of aryl methyl sites for hydroxylation is 1. The second-order valence-corrected chi connectivity index (χ2v) is 9.53. The van der Waals surface area contributed by atoms with Gasteiger partial charge >= 0.3 is 0 Å². The Hall–Kier alpha value is -0.500. The van der Waals surface area contributed by atoms with Crippen molar-refractivity contribution in [3.63, 3.8) is 0 Å². The number of halogens is 1. The van der Waals surface area contributed by atoms with Crippen molar-refractivity contribution in [2.24, 2.45) is 4.99 Å². The van der Waals surface area contributed by atoms with Gasteiger partial charge in [0.2, 0.25) is 10.0 Å². The number of ether oxygens (including phenoxy) is 1. The smallest absolute Gasteiger partial charge is 0.213 e. The molecule has 0 amide bonds. The molecular formula is C17H32IN5O3S2. The molecule has 0 radical (unpaired) electrons. The highest BCUT2D eigenvalue weighted by Gasteiger charge is 2.17. The number of rotatable bonds is 10. The molecule has 3 N–H and O–H groups in total. The standard InChI is InChI=1S/C17H31N5O3S2.HI/c1-3-15-13-21-16(26-15)7-8-19-17(18-2)20-9-11-27(23,24)22-12-14-6-4-5-10-25-14;/h13-14,22H,3-12H2,1-2H3,(H2,18,19,20);1H. The molecule has 1 fully saturated rings. The van der Waals surface area contributed by atoms with Gasteiger partial charge in [0.05, 0.1) is 16.9 Å². The van der Waals surface area contributed by atoms with Crippen molar-refractivity contribution in [2.45, 2.75) is 45.1 Å². The average molecular weight is 546 g/mol. The van der Waals surface area contributed by atoms with Crippen molar-refractivity contribution < 1.29 is 13.2 Å². The van der Waals surface area contributed by atoms with E-state index in [-0.39, 0.29) is 42.4 Å². The Balaban J connectivity index is 0.00000392. The molecule has 162 valence electrons. The van der Waals surface area contributed by atoms with E-state index in [1.807, 2.05) is 6.20 Å². The molecule has 1 aliphatic heterocycles. The Morgan fingerprint density at radius 2 is 2.14 bits per heavy atom. The minimum absolute atomic E-state index is 0. The van der Waals surface area contributed by atoms with E-state index in [0.717, 1.165) is 43.7 Å². The zero-order chi connectivity index (χ0) is 19.5. The van der Waals surface area contributed by atoms with Gasteiger partial charge in [0.15, 0.2) is 5.96 Å². The maximum atomic E-state index is 12.1. The average Bonchev–Trinajstić information content (AvgIpc) is 3.14.